The summed E-state index contributed by atoms with van der Waals surface area (Å²) >= 11 is 0. The summed E-state index contributed by atoms with van der Waals surface area (Å²) in [4.78, 5) is 10.9. The molecule has 0 radical (unpaired) electrons. The first-order valence-corrected chi connectivity index (χ1v) is 9.86. The zero-order valence-electron chi connectivity index (χ0n) is 16.7. The third-order valence-corrected chi connectivity index (χ3v) is 5.44. The Kier molecular flexibility index (Phi) is 8.00. The molecule has 0 saturated carbocycles. The molecule has 1 aromatic rings. The molecule has 0 bridgehead atoms. The van der Waals surface area contributed by atoms with Gasteiger partial charge in [-0.1, -0.05) is 0 Å². The van der Waals surface area contributed by atoms with E-state index in [0.29, 0.717) is 5.69 Å². The maximum Gasteiger partial charge on any atom is 0.335 e. The lowest BCUT2D eigenvalue weighted by atomic mass is 9.96. The van der Waals surface area contributed by atoms with E-state index in [1.54, 1.807) is 0 Å². The summed E-state index contributed by atoms with van der Waals surface area (Å²) in [6.45, 7) is -1.35. The minimum absolute atomic E-state index is 0.0434. The first-order chi connectivity index (χ1) is 15.2. The number of aromatic carboxylic acids is 1. The summed E-state index contributed by atoms with van der Waals surface area (Å²) in [6, 6.07) is 5.50. The van der Waals surface area contributed by atoms with Crippen LogP contribution in [0.25, 0.3) is 0 Å². The van der Waals surface area contributed by atoms with E-state index in [0.717, 1.165) is 0 Å². The molecule has 2 aliphatic rings. The molecule has 10 atom stereocenters. The van der Waals surface area contributed by atoms with Gasteiger partial charge in [-0.25, -0.2) is 4.79 Å². The maximum absolute atomic E-state index is 10.9. The number of anilines is 1. The number of rotatable bonds is 7. The van der Waals surface area contributed by atoms with Gasteiger partial charge in [0.15, 0.2) is 12.5 Å². The van der Waals surface area contributed by atoms with Gasteiger partial charge in [0, 0.05) is 5.69 Å². The average molecular weight is 461 g/mol. The van der Waals surface area contributed by atoms with Crippen LogP contribution in [0, 0.1) is 0 Å². The molecular weight excluding hydrogens is 434 g/mol. The molecule has 13 heteroatoms. The topological polar surface area (TPSA) is 219 Å². The number of nitrogens with one attached hydrogen (secondary N) is 1. The van der Waals surface area contributed by atoms with Crippen LogP contribution in [-0.4, -0.2) is 121 Å². The second-order valence-corrected chi connectivity index (χ2v) is 7.58. The summed E-state index contributed by atoms with van der Waals surface area (Å²) in [5.74, 6) is -1.12. The highest BCUT2D eigenvalue weighted by Crippen LogP contribution is 2.29. The largest absolute Gasteiger partial charge is 0.478 e. The van der Waals surface area contributed by atoms with E-state index in [2.05, 4.69) is 5.32 Å². The highest BCUT2D eigenvalue weighted by molar-refractivity contribution is 5.88. The van der Waals surface area contributed by atoms with Crippen LogP contribution >= 0.6 is 0 Å². The standard InChI is InChI=1S/C19H27NO12/c21-5-9-11(23)12(24)15(27)19(31-9)32-16-10(6-22)30-17(14(26)13(16)25)20-8-3-1-7(2-4-8)18(28)29/h1-4,9-17,19-27H,5-6H2,(H,28,29)/t9-,10+,11-,12+,13+,14+,15-,16+,17-,19+/m0/s1. The Morgan fingerprint density at radius 1 is 0.844 bits per heavy atom. The molecule has 0 amide bonds. The molecule has 0 aliphatic carbocycles. The maximum atomic E-state index is 10.9. The van der Waals surface area contributed by atoms with Gasteiger partial charge in [0.05, 0.1) is 18.8 Å². The Balaban J connectivity index is 1.70. The molecule has 0 spiro atoms. The highest BCUT2D eigenvalue weighted by atomic mass is 16.7. The zero-order valence-corrected chi connectivity index (χ0v) is 16.7. The van der Waals surface area contributed by atoms with E-state index in [1.165, 1.54) is 24.3 Å². The Labute approximate surface area is 182 Å². The fraction of sp³-hybridized carbons (Fsp3) is 0.632. The molecule has 3 rings (SSSR count). The molecule has 1 aromatic carbocycles. The van der Waals surface area contributed by atoms with E-state index in [-0.39, 0.29) is 5.56 Å². The van der Waals surface area contributed by atoms with Crippen molar-refractivity contribution in [2.45, 2.75) is 61.3 Å². The number of benzene rings is 1. The smallest absolute Gasteiger partial charge is 0.335 e. The number of hydrogen-bond donors (Lipinski definition) is 9. The van der Waals surface area contributed by atoms with Crippen molar-refractivity contribution < 1.29 is 59.9 Å². The average Bonchev–Trinajstić information content (AvgIpc) is 2.79. The molecule has 2 heterocycles. The van der Waals surface area contributed by atoms with Gasteiger partial charge in [-0.2, -0.15) is 0 Å². The third kappa shape index (κ3) is 5.02. The van der Waals surface area contributed by atoms with E-state index in [9.17, 15) is 40.5 Å². The fourth-order valence-electron chi connectivity index (χ4n) is 3.58. The lowest BCUT2D eigenvalue weighted by molar-refractivity contribution is -0.340. The molecule has 2 aliphatic heterocycles. The van der Waals surface area contributed by atoms with E-state index < -0.39 is 80.5 Å². The second kappa shape index (κ2) is 10.4. The number of carboxylic acids is 1. The molecular formula is C19H27NO12. The zero-order chi connectivity index (χ0) is 23.6. The van der Waals surface area contributed by atoms with Crippen molar-refractivity contribution in [2.24, 2.45) is 0 Å². The van der Waals surface area contributed by atoms with Gasteiger partial charge < -0.3 is 60.4 Å². The van der Waals surface area contributed by atoms with Crippen molar-refractivity contribution in [2.75, 3.05) is 18.5 Å². The molecule has 2 saturated heterocycles. The SMILES string of the molecule is O=C(O)c1ccc(N[C@H]2O[C@H](CO)[C@@H](O[C@H]3O[C@@H](CO)[C@H](O)[C@@H](O)[C@@H]3O)[C@H](O)[C@H]2O)cc1. The van der Waals surface area contributed by atoms with Crippen LogP contribution in [0.3, 0.4) is 0 Å². The van der Waals surface area contributed by atoms with Crippen molar-refractivity contribution in [3.63, 3.8) is 0 Å². The number of hydrogen-bond acceptors (Lipinski definition) is 12. The van der Waals surface area contributed by atoms with Crippen LogP contribution in [0.5, 0.6) is 0 Å². The molecule has 9 N–H and O–H groups in total. The molecule has 2 fully saturated rings. The third-order valence-electron chi connectivity index (χ3n) is 5.44. The first kappa shape index (κ1) is 24.7. The minimum atomic E-state index is -1.75. The monoisotopic (exact) mass is 461 g/mol. The van der Waals surface area contributed by atoms with E-state index in [4.69, 9.17) is 19.3 Å². The summed E-state index contributed by atoms with van der Waals surface area (Å²) in [6.07, 6.45) is -15.0. The summed E-state index contributed by atoms with van der Waals surface area (Å²) in [7, 11) is 0. The Hall–Kier alpha value is -1.91. The number of carboxylic acid groups (broad SMARTS) is 1. The molecule has 32 heavy (non-hydrogen) atoms. The van der Waals surface area contributed by atoms with Crippen LogP contribution in [0.2, 0.25) is 0 Å². The summed E-state index contributed by atoms with van der Waals surface area (Å²) in [5.41, 5.74) is 0.415. The normalized spacial score (nSPS) is 40.1. The van der Waals surface area contributed by atoms with Crippen molar-refractivity contribution in [1.29, 1.82) is 0 Å². The van der Waals surface area contributed by atoms with Crippen molar-refractivity contribution in [1.82, 2.24) is 0 Å². The summed E-state index contributed by atoms with van der Waals surface area (Å²) < 4.78 is 16.3. The van der Waals surface area contributed by atoms with Crippen LogP contribution in [0.4, 0.5) is 5.69 Å². The van der Waals surface area contributed by atoms with Gasteiger partial charge in [0.1, 0.15) is 48.8 Å². The lowest BCUT2D eigenvalue weighted by Crippen LogP contribution is -2.65. The van der Waals surface area contributed by atoms with Crippen molar-refractivity contribution in [3.05, 3.63) is 29.8 Å². The van der Waals surface area contributed by atoms with Gasteiger partial charge in [-0.05, 0) is 24.3 Å². The van der Waals surface area contributed by atoms with Gasteiger partial charge in [-0.15, -0.1) is 0 Å². The Morgan fingerprint density at radius 2 is 1.47 bits per heavy atom. The lowest BCUT2D eigenvalue weighted by Gasteiger charge is -2.46. The van der Waals surface area contributed by atoms with Crippen LogP contribution in [0.15, 0.2) is 24.3 Å². The molecule has 0 aromatic heterocycles. The van der Waals surface area contributed by atoms with Crippen molar-refractivity contribution in [3.8, 4) is 0 Å². The first-order valence-electron chi connectivity index (χ1n) is 9.86. The molecule has 180 valence electrons. The van der Waals surface area contributed by atoms with E-state index >= 15 is 0 Å². The quantitative estimate of drug-likeness (QED) is 0.192. The van der Waals surface area contributed by atoms with Crippen molar-refractivity contribution >= 4 is 11.7 Å². The van der Waals surface area contributed by atoms with E-state index in [1.807, 2.05) is 0 Å². The Bertz CT molecular complexity index is 759. The van der Waals surface area contributed by atoms with Crippen LogP contribution < -0.4 is 5.32 Å². The number of aliphatic hydroxyl groups is 7. The number of ether oxygens (including phenoxy) is 3. The predicted molar refractivity (Wildman–Crippen MR) is 103 cm³/mol. The highest BCUT2D eigenvalue weighted by Gasteiger charge is 2.50. The summed E-state index contributed by atoms with van der Waals surface area (Å²) in [5, 5.41) is 81.6. The number of aliphatic hydroxyl groups excluding tert-OH is 7. The van der Waals surface area contributed by atoms with Crippen LogP contribution in [-0.2, 0) is 14.2 Å². The molecule has 13 nitrogen and oxygen atoms in total. The molecule has 0 unspecified atom stereocenters. The van der Waals surface area contributed by atoms with Crippen LogP contribution in [0.1, 0.15) is 10.4 Å². The number of carbonyl (C=O) groups is 1. The fourth-order valence-corrected chi connectivity index (χ4v) is 3.58. The van der Waals surface area contributed by atoms with Gasteiger partial charge >= 0.3 is 5.97 Å². The van der Waals surface area contributed by atoms with Gasteiger partial charge in [0.25, 0.3) is 0 Å². The Morgan fingerprint density at radius 3 is 2.03 bits per heavy atom. The predicted octanol–water partition coefficient (Wildman–Crippen LogP) is -3.58. The second-order valence-electron chi connectivity index (χ2n) is 7.58. The van der Waals surface area contributed by atoms with Gasteiger partial charge in [0.2, 0.25) is 0 Å². The van der Waals surface area contributed by atoms with Gasteiger partial charge in [-0.3, -0.25) is 0 Å². The minimum Gasteiger partial charge on any atom is -0.478 e.